The Bertz CT molecular complexity index is 896. The van der Waals surface area contributed by atoms with Crippen LogP contribution in [-0.4, -0.2) is 38.8 Å². The first kappa shape index (κ1) is 18.7. The Hall–Kier alpha value is -2.67. The molecule has 148 valence electrons. The van der Waals surface area contributed by atoms with Crippen molar-refractivity contribution >= 4 is 11.7 Å². The van der Waals surface area contributed by atoms with Gasteiger partial charge in [-0.15, -0.1) is 0 Å². The van der Waals surface area contributed by atoms with Crippen molar-refractivity contribution in [1.29, 1.82) is 0 Å². The molecule has 28 heavy (non-hydrogen) atoms. The molecule has 0 bridgehead atoms. The van der Waals surface area contributed by atoms with Crippen LogP contribution in [0.15, 0.2) is 30.3 Å². The molecular formula is C21H22F2N2O3. The highest BCUT2D eigenvalue weighted by atomic mass is 19.1. The van der Waals surface area contributed by atoms with Gasteiger partial charge in [0.15, 0.2) is 17.4 Å². The van der Waals surface area contributed by atoms with Crippen LogP contribution in [0.25, 0.3) is 0 Å². The van der Waals surface area contributed by atoms with E-state index in [1.165, 1.54) is 7.11 Å². The molecule has 0 spiro atoms. The number of anilines is 1. The summed E-state index contributed by atoms with van der Waals surface area (Å²) in [5.41, 5.74) is 2.57. The van der Waals surface area contributed by atoms with E-state index in [2.05, 4.69) is 17.1 Å². The number of halogens is 2. The fraction of sp³-hybridized carbons (Fsp3) is 0.381. The predicted molar refractivity (Wildman–Crippen MR) is 101 cm³/mol. The maximum Gasteiger partial charge on any atom is 0.339 e. The van der Waals surface area contributed by atoms with Crippen LogP contribution in [0, 0.1) is 11.6 Å². The highest BCUT2D eigenvalue weighted by Crippen LogP contribution is 2.35. The van der Waals surface area contributed by atoms with E-state index >= 15 is 0 Å². The summed E-state index contributed by atoms with van der Waals surface area (Å²) in [6, 6.07) is 8.42. The maximum atomic E-state index is 14.0. The third-order valence-electron chi connectivity index (χ3n) is 5.30. The summed E-state index contributed by atoms with van der Waals surface area (Å²) in [5.74, 6) is -2.56. The normalized spacial score (nSPS) is 21.9. The Morgan fingerprint density at radius 2 is 1.96 bits per heavy atom. The lowest BCUT2D eigenvalue weighted by Crippen LogP contribution is -2.49. The number of esters is 1. The third-order valence-corrected chi connectivity index (χ3v) is 5.30. The molecule has 0 radical (unpaired) electrons. The first-order valence-corrected chi connectivity index (χ1v) is 9.31. The van der Waals surface area contributed by atoms with Gasteiger partial charge >= 0.3 is 5.97 Å². The summed E-state index contributed by atoms with van der Waals surface area (Å²) in [7, 11) is 1.20. The lowest BCUT2D eigenvalue weighted by atomic mass is 9.93. The number of benzene rings is 2. The molecule has 4 rings (SSSR count). The Morgan fingerprint density at radius 1 is 1.21 bits per heavy atom. The molecule has 1 unspecified atom stereocenters. The average molecular weight is 388 g/mol. The van der Waals surface area contributed by atoms with E-state index in [1.807, 2.05) is 18.2 Å². The van der Waals surface area contributed by atoms with Crippen LogP contribution in [-0.2, 0) is 11.2 Å². The number of methoxy groups -OCH3 is 1. The number of nitrogens with one attached hydrogen (secondary N) is 1. The van der Waals surface area contributed by atoms with Crippen molar-refractivity contribution in [3.05, 3.63) is 58.7 Å². The number of rotatable bonds is 3. The minimum Gasteiger partial charge on any atom is -0.491 e. The van der Waals surface area contributed by atoms with Gasteiger partial charge in [0.2, 0.25) is 0 Å². The van der Waals surface area contributed by atoms with Crippen LogP contribution in [0.1, 0.15) is 34.5 Å². The summed E-state index contributed by atoms with van der Waals surface area (Å²) < 4.78 is 38.3. The van der Waals surface area contributed by atoms with Gasteiger partial charge in [0, 0.05) is 37.8 Å². The van der Waals surface area contributed by atoms with E-state index in [4.69, 9.17) is 9.47 Å². The summed E-state index contributed by atoms with van der Waals surface area (Å²) in [5, 5.41) is 3.39. The van der Waals surface area contributed by atoms with Gasteiger partial charge < -0.3 is 19.7 Å². The molecule has 2 aromatic carbocycles. The summed E-state index contributed by atoms with van der Waals surface area (Å²) in [6.07, 6.45) is -0.371. The molecule has 0 saturated carbocycles. The van der Waals surface area contributed by atoms with Crippen LogP contribution in [0.5, 0.6) is 5.75 Å². The second kappa shape index (κ2) is 7.39. The molecule has 0 aromatic heterocycles. The minimum absolute atomic E-state index is 0.273. The van der Waals surface area contributed by atoms with Crippen LogP contribution in [0.2, 0.25) is 0 Å². The van der Waals surface area contributed by atoms with Gasteiger partial charge in [-0.1, -0.05) is 6.07 Å². The number of carbonyl (C=O) groups excluding carboxylic acids is 1. The van der Waals surface area contributed by atoms with Crippen LogP contribution in [0.3, 0.4) is 0 Å². The first-order valence-electron chi connectivity index (χ1n) is 9.31. The molecule has 7 heteroatoms. The highest BCUT2D eigenvalue weighted by molar-refractivity contribution is 5.93. The van der Waals surface area contributed by atoms with Crippen LogP contribution in [0.4, 0.5) is 14.5 Å². The monoisotopic (exact) mass is 388 g/mol. The van der Waals surface area contributed by atoms with Gasteiger partial charge in [0.25, 0.3) is 0 Å². The van der Waals surface area contributed by atoms with E-state index in [0.29, 0.717) is 18.0 Å². The zero-order chi connectivity index (χ0) is 19.8. The van der Waals surface area contributed by atoms with Gasteiger partial charge in [-0.2, -0.15) is 0 Å². The maximum absolute atomic E-state index is 14.0. The number of cyclic esters (lactones) is 1. The second-order valence-electron chi connectivity index (χ2n) is 7.26. The molecule has 2 atom stereocenters. The lowest BCUT2D eigenvalue weighted by Gasteiger charge is -2.34. The molecule has 5 nitrogen and oxygen atoms in total. The largest absolute Gasteiger partial charge is 0.491 e. The van der Waals surface area contributed by atoms with E-state index in [0.717, 1.165) is 43.0 Å². The van der Waals surface area contributed by atoms with Crippen molar-refractivity contribution in [2.45, 2.75) is 25.5 Å². The average Bonchev–Trinajstić information content (AvgIpc) is 2.67. The number of piperazine rings is 1. The number of hydrogen-bond donors (Lipinski definition) is 1. The van der Waals surface area contributed by atoms with E-state index < -0.39 is 29.5 Å². The van der Waals surface area contributed by atoms with E-state index in [1.54, 1.807) is 0 Å². The van der Waals surface area contributed by atoms with E-state index in [-0.39, 0.29) is 5.56 Å². The third kappa shape index (κ3) is 3.42. The predicted octanol–water partition coefficient (Wildman–Crippen LogP) is 3.23. The van der Waals surface area contributed by atoms with Gasteiger partial charge in [-0.3, -0.25) is 0 Å². The van der Waals surface area contributed by atoms with Crippen molar-refractivity contribution in [3.63, 3.8) is 0 Å². The highest BCUT2D eigenvalue weighted by Gasteiger charge is 2.30. The molecule has 0 amide bonds. The number of ether oxygens (including phenoxy) is 2. The Labute approximate surface area is 162 Å². The number of carbonyl (C=O) groups is 1. The molecule has 2 heterocycles. The van der Waals surface area contributed by atoms with Crippen molar-refractivity contribution < 1.29 is 23.0 Å². The quantitative estimate of drug-likeness (QED) is 0.819. The van der Waals surface area contributed by atoms with Gasteiger partial charge in [0.05, 0.1) is 12.7 Å². The number of fused-ring (bicyclic) bond motifs is 1. The SMILES string of the molecule is COc1c(F)cc(C2Cc3ccc(N4CCN[C@@H](C)C4)cc3C(=O)O2)cc1F. The molecule has 1 N–H and O–H groups in total. The van der Waals surface area contributed by atoms with Crippen molar-refractivity contribution in [2.24, 2.45) is 0 Å². The van der Waals surface area contributed by atoms with Crippen molar-refractivity contribution in [3.8, 4) is 5.75 Å². The van der Waals surface area contributed by atoms with E-state index in [9.17, 15) is 13.6 Å². The zero-order valence-corrected chi connectivity index (χ0v) is 15.8. The molecule has 1 saturated heterocycles. The summed E-state index contributed by atoms with van der Waals surface area (Å²) >= 11 is 0. The molecule has 1 fully saturated rings. The molecular weight excluding hydrogens is 366 g/mol. The van der Waals surface area contributed by atoms with Gasteiger partial charge in [-0.25, -0.2) is 13.6 Å². The molecule has 2 aliphatic rings. The Balaban J connectivity index is 1.60. The topological polar surface area (TPSA) is 50.8 Å². The van der Waals surface area contributed by atoms with Crippen LogP contribution < -0.4 is 15.0 Å². The standard InChI is InChI=1S/C21H22F2N2O3/c1-12-11-25(6-5-24-12)15-4-3-13-9-19(28-21(26)16(13)10-15)14-7-17(22)20(27-2)18(23)8-14/h3-4,7-8,10,12,19,24H,5-6,9,11H2,1-2H3/t12-,19?/m0/s1. The fourth-order valence-corrected chi connectivity index (χ4v) is 3.88. The lowest BCUT2D eigenvalue weighted by molar-refractivity contribution is 0.0251. The number of nitrogens with zero attached hydrogens (tertiary/aromatic N) is 1. The molecule has 2 aliphatic heterocycles. The summed E-state index contributed by atoms with van der Waals surface area (Å²) in [4.78, 5) is 14.8. The van der Waals surface area contributed by atoms with Crippen molar-refractivity contribution in [1.82, 2.24) is 5.32 Å². The van der Waals surface area contributed by atoms with Gasteiger partial charge in [-0.05, 0) is 42.3 Å². The Kier molecular flexibility index (Phi) is 4.93. The van der Waals surface area contributed by atoms with Gasteiger partial charge in [0.1, 0.15) is 6.10 Å². The first-order chi connectivity index (χ1) is 13.5. The zero-order valence-electron chi connectivity index (χ0n) is 15.8. The fourth-order valence-electron chi connectivity index (χ4n) is 3.88. The molecule has 0 aliphatic carbocycles. The summed E-state index contributed by atoms with van der Waals surface area (Å²) in [6.45, 7) is 4.74. The Morgan fingerprint density at radius 3 is 2.64 bits per heavy atom. The number of hydrogen-bond acceptors (Lipinski definition) is 5. The smallest absolute Gasteiger partial charge is 0.339 e. The minimum atomic E-state index is -0.817. The van der Waals surface area contributed by atoms with Crippen LogP contribution >= 0.6 is 0 Å². The van der Waals surface area contributed by atoms with Crippen molar-refractivity contribution in [2.75, 3.05) is 31.6 Å². The molecule has 2 aromatic rings. The second-order valence-corrected chi connectivity index (χ2v) is 7.26.